The Balaban J connectivity index is 3.21. The van der Waals surface area contributed by atoms with Gasteiger partial charge >= 0.3 is 0 Å². The van der Waals surface area contributed by atoms with Gasteiger partial charge in [-0.1, -0.05) is 0 Å². The van der Waals surface area contributed by atoms with Crippen LogP contribution < -0.4 is 16.2 Å². The molecule has 0 radical (unpaired) electrons. The molecule has 0 spiro atoms. The van der Waals surface area contributed by atoms with Crippen molar-refractivity contribution in [2.75, 3.05) is 7.11 Å². The monoisotopic (exact) mass is 201 g/mol. The molecule has 0 unspecified atom stereocenters. The largest absolute Gasteiger partial charge is 0.491 e. The van der Waals surface area contributed by atoms with Crippen LogP contribution in [0.25, 0.3) is 0 Å². The van der Waals surface area contributed by atoms with E-state index in [0.717, 1.165) is 12.1 Å². The number of hydrogen-bond acceptors (Lipinski definition) is 2. The summed E-state index contributed by atoms with van der Waals surface area (Å²) in [5.74, 6) is -2.44. The molecule has 0 saturated carbocycles. The van der Waals surface area contributed by atoms with Crippen molar-refractivity contribution in [3.63, 3.8) is 0 Å². The highest BCUT2D eigenvalue weighted by Gasteiger charge is 2.10. The quantitative estimate of drug-likeness (QED) is 0.551. The second-order valence-electron chi connectivity index (χ2n) is 2.48. The average molecular weight is 201 g/mol. The highest BCUT2D eigenvalue weighted by molar-refractivity contribution is 5.79. The van der Waals surface area contributed by atoms with Gasteiger partial charge in [0.05, 0.1) is 12.8 Å². The van der Waals surface area contributed by atoms with Crippen molar-refractivity contribution in [3.8, 4) is 5.75 Å². The molecule has 0 atom stereocenters. The van der Waals surface area contributed by atoms with Gasteiger partial charge in [0.15, 0.2) is 23.3 Å². The van der Waals surface area contributed by atoms with Crippen molar-refractivity contribution in [2.45, 2.75) is 0 Å². The Morgan fingerprint density at radius 1 is 1.29 bits per heavy atom. The van der Waals surface area contributed by atoms with Gasteiger partial charge in [0.1, 0.15) is 0 Å². The lowest BCUT2D eigenvalue weighted by atomic mass is 10.3. The fraction of sp³-hybridized carbons (Fsp3) is 0.125. The number of benzene rings is 1. The fourth-order valence-corrected chi connectivity index (χ4v) is 0.955. The van der Waals surface area contributed by atoms with Crippen LogP contribution in [-0.4, -0.2) is 13.1 Å². The van der Waals surface area contributed by atoms with Crippen LogP contribution in [0.1, 0.15) is 0 Å². The highest BCUT2D eigenvalue weighted by atomic mass is 19.1. The second-order valence-corrected chi connectivity index (χ2v) is 2.48. The number of nitrogens with two attached hydrogens (primary N) is 2. The smallest absolute Gasteiger partial charge is 0.191 e. The molecule has 1 aromatic rings. The summed E-state index contributed by atoms with van der Waals surface area (Å²) in [5.41, 5.74) is 10.1. The Kier molecular flexibility index (Phi) is 2.85. The van der Waals surface area contributed by atoms with Crippen molar-refractivity contribution in [2.24, 2.45) is 16.5 Å². The van der Waals surface area contributed by atoms with Crippen molar-refractivity contribution in [3.05, 3.63) is 23.8 Å². The predicted molar refractivity (Wildman–Crippen MR) is 48.4 cm³/mol. The van der Waals surface area contributed by atoms with Crippen LogP contribution in [0.15, 0.2) is 17.1 Å². The van der Waals surface area contributed by atoms with E-state index in [1.165, 1.54) is 7.11 Å². The van der Waals surface area contributed by atoms with E-state index in [1.54, 1.807) is 0 Å². The SMILES string of the molecule is COc1c(F)cc(N=C(N)N)cc1F. The Morgan fingerprint density at radius 3 is 2.14 bits per heavy atom. The molecule has 0 amide bonds. The maximum absolute atomic E-state index is 13.0. The molecule has 6 heteroatoms. The summed E-state index contributed by atoms with van der Waals surface area (Å²) in [6.45, 7) is 0. The van der Waals surface area contributed by atoms with E-state index in [0.29, 0.717) is 0 Å². The summed E-state index contributed by atoms with van der Waals surface area (Å²) in [7, 11) is 1.17. The summed E-state index contributed by atoms with van der Waals surface area (Å²) in [6.07, 6.45) is 0. The number of hydrogen-bond donors (Lipinski definition) is 2. The van der Waals surface area contributed by atoms with Gasteiger partial charge in [0.2, 0.25) is 0 Å². The minimum atomic E-state index is -0.854. The summed E-state index contributed by atoms with van der Waals surface area (Å²) < 4.78 is 30.6. The molecular weight excluding hydrogens is 192 g/mol. The van der Waals surface area contributed by atoms with Gasteiger partial charge in [-0.05, 0) is 0 Å². The Hall–Kier alpha value is -1.85. The number of nitrogens with zero attached hydrogens (tertiary/aromatic N) is 1. The molecule has 0 saturated heterocycles. The number of rotatable bonds is 2. The molecule has 0 bridgehead atoms. The molecule has 0 fully saturated rings. The van der Waals surface area contributed by atoms with E-state index in [1.807, 2.05) is 0 Å². The number of halogens is 2. The van der Waals surface area contributed by atoms with Crippen molar-refractivity contribution in [1.29, 1.82) is 0 Å². The third-order valence-electron chi connectivity index (χ3n) is 1.45. The molecule has 0 aliphatic carbocycles. The average Bonchev–Trinajstić information content (AvgIpc) is 2.01. The van der Waals surface area contributed by atoms with Gasteiger partial charge in [0, 0.05) is 12.1 Å². The number of guanidine groups is 1. The van der Waals surface area contributed by atoms with Crippen LogP contribution in [0.4, 0.5) is 14.5 Å². The van der Waals surface area contributed by atoms with E-state index in [-0.39, 0.29) is 11.6 Å². The van der Waals surface area contributed by atoms with Crippen LogP contribution >= 0.6 is 0 Å². The molecule has 1 rings (SSSR count). The van der Waals surface area contributed by atoms with Gasteiger partial charge in [-0.2, -0.15) is 0 Å². The third kappa shape index (κ3) is 2.09. The van der Waals surface area contributed by atoms with Crippen LogP contribution in [0, 0.1) is 11.6 Å². The predicted octanol–water partition coefficient (Wildman–Crippen LogP) is 0.878. The molecule has 14 heavy (non-hydrogen) atoms. The molecule has 4 N–H and O–H groups in total. The van der Waals surface area contributed by atoms with Gasteiger partial charge in [-0.3, -0.25) is 0 Å². The van der Waals surface area contributed by atoms with E-state index in [2.05, 4.69) is 9.73 Å². The maximum Gasteiger partial charge on any atom is 0.191 e. The van der Waals surface area contributed by atoms with E-state index in [4.69, 9.17) is 11.5 Å². The van der Waals surface area contributed by atoms with Crippen LogP contribution in [-0.2, 0) is 0 Å². The molecule has 0 aromatic heterocycles. The first-order valence-electron chi connectivity index (χ1n) is 3.67. The lowest BCUT2D eigenvalue weighted by Crippen LogP contribution is -2.21. The molecule has 1 aromatic carbocycles. The van der Waals surface area contributed by atoms with E-state index in [9.17, 15) is 8.78 Å². The lowest BCUT2D eigenvalue weighted by Gasteiger charge is -2.03. The summed E-state index contributed by atoms with van der Waals surface area (Å²) in [4.78, 5) is 3.49. The van der Waals surface area contributed by atoms with Crippen molar-refractivity contribution in [1.82, 2.24) is 0 Å². The van der Waals surface area contributed by atoms with E-state index >= 15 is 0 Å². The van der Waals surface area contributed by atoms with Gasteiger partial charge in [-0.15, -0.1) is 0 Å². The molecular formula is C8H9F2N3O. The molecule has 0 aliphatic heterocycles. The maximum atomic E-state index is 13.0. The van der Waals surface area contributed by atoms with Gasteiger partial charge in [0.25, 0.3) is 0 Å². The van der Waals surface area contributed by atoms with E-state index < -0.39 is 17.4 Å². The topological polar surface area (TPSA) is 73.6 Å². The Labute approximate surface area is 79.2 Å². The number of ether oxygens (including phenoxy) is 1. The highest BCUT2D eigenvalue weighted by Crippen LogP contribution is 2.26. The lowest BCUT2D eigenvalue weighted by molar-refractivity contribution is 0.360. The standard InChI is InChI=1S/C8H9F2N3O/c1-14-7-5(9)2-4(3-6(7)10)13-8(11)12/h2-3H,1H3,(H4,11,12,13). The molecule has 0 aliphatic rings. The van der Waals surface area contributed by atoms with Crippen molar-refractivity contribution < 1.29 is 13.5 Å². The number of methoxy groups -OCH3 is 1. The van der Waals surface area contributed by atoms with Gasteiger partial charge < -0.3 is 16.2 Å². The van der Waals surface area contributed by atoms with Crippen LogP contribution in [0.2, 0.25) is 0 Å². The first kappa shape index (κ1) is 10.2. The number of aliphatic imine (C=N–C) groups is 1. The Bertz CT molecular complexity index is 352. The minimum absolute atomic E-state index is 0.000741. The minimum Gasteiger partial charge on any atom is -0.491 e. The Morgan fingerprint density at radius 2 is 1.79 bits per heavy atom. The molecule has 0 heterocycles. The van der Waals surface area contributed by atoms with Crippen LogP contribution in [0.3, 0.4) is 0 Å². The first-order valence-corrected chi connectivity index (χ1v) is 3.67. The fourth-order valence-electron chi connectivity index (χ4n) is 0.955. The van der Waals surface area contributed by atoms with Crippen molar-refractivity contribution >= 4 is 11.6 Å². The zero-order chi connectivity index (χ0) is 10.7. The normalized spacial score (nSPS) is 9.64. The van der Waals surface area contributed by atoms with Crippen LogP contribution in [0.5, 0.6) is 5.75 Å². The summed E-state index contributed by atoms with van der Waals surface area (Å²) >= 11 is 0. The zero-order valence-corrected chi connectivity index (χ0v) is 7.42. The second kappa shape index (κ2) is 3.91. The molecule has 76 valence electrons. The molecule has 4 nitrogen and oxygen atoms in total. The third-order valence-corrected chi connectivity index (χ3v) is 1.45. The first-order chi connectivity index (χ1) is 6.54. The summed E-state index contributed by atoms with van der Waals surface area (Å²) in [6, 6.07) is 1.95. The van der Waals surface area contributed by atoms with Gasteiger partial charge in [-0.25, -0.2) is 13.8 Å². The summed E-state index contributed by atoms with van der Waals surface area (Å²) in [5, 5.41) is 0. The zero-order valence-electron chi connectivity index (χ0n) is 7.42.